The number of aryl methyl sites for hydroxylation is 1. The summed E-state index contributed by atoms with van der Waals surface area (Å²) in [6.45, 7) is 3.03. The highest BCUT2D eigenvalue weighted by atomic mass is 35.5. The quantitative estimate of drug-likeness (QED) is 0.833. The average Bonchev–Trinajstić information content (AvgIpc) is 2.84. The van der Waals surface area contributed by atoms with Gasteiger partial charge in [-0.15, -0.1) is 0 Å². The third-order valence-corrected chi connectivity index (χ3v) is 3.13. The number of carboxylic acids is 1. The SMILES string of the molecule is Cc1nccn1CCOc1ccc(Cl)cc1C=CC(=O)O. The molecular weight excluding hydrogens is 292 g/mol. The van der Waals surface area contributed by atoms with E-state index in [4.69, 9.17) is 21.4 Å². The lowest BCUT2D eigenvalue weighted by atomic mass is 10.2. The zero-order valence-electron chi connectivity index (χ0n) is 11.5. The molecule has 0 saturated carbocycles. The predicted molar refractivity (Wildman–Crippen MR) is 80.6 cm³/mol. The van der Waals surface area contributed by atoms with Gasteiger partial charge in [-0.05, 0) is 31.2 Å². The number of carboxylic acid groups (broad SMARTS) is 1. The molecule has 2 aromatic rings. The average molecular weight is 307 g/mol. The summed E-state index contributed by atoms with van der Waals surface area (Å²) in [7, 11) is 0. The van der Waals surface area contributed by atoms with Crippen LogP contribution in [0.2, 0.25) is 5.02 Å². The van der Waals surface area contributed by atoms with Crippen molar-refractivity contribution in [2.45, 2.75) is 13.5 Å². The molecule has 1 heterocycles. The smallest absolute Gasteiger partial charge is 0.328 e. The van der Waals surface area contributed by atoms with Crippen LogP contribution in [0, 0.1) is 6.92 Å². The van der Waals surface area contributed by atoms with E-state index in [0.29, 0.717) is 29.5 Å². The third-order valence-electron chi connectivity index (χ3n) is 2.89. The zero-order valence-corrected chi connectivity index (χ0v) is 12.2. The molecule has 0 amide bonds. The van der Waals surface area contributed by atoms with Crippen LogP contribution in [0.3, 0.4) is 0 Å². The number of aliphatic carboxylic acids is 1. The molecule has 0 fully saturated rings. The van der Waals surface area contributed by atoms with Gasteiger partial charge in [0.05, 0.1) is 6.54 Å². The van der Waals surface area contributed by atoms with Crippen LogP contribution in [0.15, 0.2) is 36.7 Å². The first kappa shape index (κ1) is 15.1. The standard InChI is InChI=1S/C15H15ClN2O3/c1-11-17-6-7-18(11)8-9-21-14-4-3-13(16)10-12(14)2-5-15(19)20/h2-7,10H,8-9H2,1H3,(H,19,20). The molecule has 1 aromatic carbocycles. The van der Waals surface area contributed by atoms with Crippen molar-refractivity contribution >= 4 is 23.6 Å². The molecule has 0 bridgehead atoms. The Morgan fingerprint density at radius 3 is 3.00 bits per heavy atom. The number of imidazole rings is 1. The van der Waals surface area contributed by atoms with Gasteiger partial charge in [0.15, 0.2) is 0 Å². The largest absolute Gasteiger partial charge is 0.491 e. The number of halogens is 1. The van der Waals surface area contributed by atoms with Crippen LogP contribution in [0.25, 0.3) is 6.08 Å². The molecule has 21 heavy (non-hydrogen) atoms. The molecule has 5 nitrogen and oxygen atoms in total. The van der Waals surface area contributed by atoms with Crippen molar-refractivity contribution in [1.29, 1.82) is 0 Å². The number of ether oxygens (including phenoxy) is 1. The van der Waals surface area contributed by atoms with Crippen LogP contribution < -0.4 is 4.74 Å². The molecule has 2 rings (SSSR count). The fraction of sp³-hybridized carbons (Fsp3) is 0.200. The highest BCUT2D eigenvalue weighted by molar-refractivity contribution is 6.30. The Morgan fingerprint density at radius 2 is 2.33 bits per heavy atom. The van der Waals surface area contributed by atoms with Crippen molar-refractivity contribution in [2.75, 3.05) is 6.61 Å². The Hall–Kier alpha value is -2.27. The van der Waals surface area contributed by atoms with Gasteiger partial charge in [0.25, 0.3) is 0 Å². The number of carbonyl (C=O) groups is 1. The first-order chi connectivity index (χ1) is 10.1. The van der Waals surface area contributed by atoms with E-state index in [0.717, 1.165) is 11.9 Å². The summed E-state index contributed by atoms with van der Waals surface area (Å²) in [5.41, 5.74) is 0.632. The molecule has 0 spiro atoms. The van der Waals surface area contributed by atoms with E-state index in [-0.39, 0.29) is 0 Å². The number of nitrogens with zero attached hydrogens (tertiary/aromatic N) is 2. The molecule has 0 aliphatic heterocycles. The minimum absolute atomic E-state index is 0.451. The van der Waals surface area contributed by atoms with E-state index < -0.39 is 5.97 Å². The molecule has 0 aliphatic rings. The normalized spacial score (nSPS) is 11.0. The van der Waals surface area contributed by atoms with Crippen LogP contribution in [-0.4, -0.2) is 27.2 Å². The van der Waals surface area contributed by atoms with E-state index in [2.05, 4.69) is 4.98 Å². The molecule has 0 radical (unpaired) electrons. The number of benzene rings is 1. The molecule has 0 saturated heterocycles. The Bertz CT molecular complexity index is 665. The summed E-state index contributed by atoms with van der Waals surface area (Å²) in [6.07, 6.45) is 6.13. The van der Waals surface area contributed by atoms with Crippen LogP contribution in [0.4, 0.5) is 0 Å². The van der Waals surface area contributed by atoms with Gasteiger partial charge in [-0.3, -0.25) is 0 Å². The maximum atomic E-state index is 10.6. The summed E-state index contributed by atoms with van der Waals surface area (Å²) < 4.78 is 7.68. The van der Waals surface area contributed by atoms with Crippen molar-refractivity contribution < 1.29 is 14.6 Å². The second kappa shape index (κ2) is 6.95. The molecule has 6 heteroatoms. The van der Waals surface area contributed by atoms with Crippen LogP contribution >= 0.6 is 11.6 Å². The molecule has 0 atom stereocenters. The zero-order chi connectivity index (χ0) is 15.2. The summed E-state index contributed by atoms with van der Waals surface area (Å²) in [5, 5.41) is 9.22. The Labute approximate surface area is 127 Å². The van der Waals surface area contributed by atoms with E-state index in [1.165, 1.54) is 6.08 Å². The van der Waals surface area contributed by atoms with Crippen molar-refractivity contribution in [2.24, 2.45) is 0 Å². The van der Waals surface area contributed by atoms with Gasteiger partial charge in [0.1, 0.15) is 18.2 Å². The summed E-state index contributed by atoms with van der Waals surface area (Å²) in [6, 6.07) is 5.10. The first-order valence-corrected chi connectivity index (χ1v) is 6.75. The fourth-order valence-corrected chi connectivity index (χ4v) is 2.02. The van der Waals surface area contributed by atoms with E-state index in [1.807, 2.05) is 17.7 Å². The monoisotopic (exact) mass is 306 g/mol. The van der Waals surface area contributed by atoms with Gasteiger partial charge in [-0.2, -0.15) is 0 Å². The molecule has 1 aromatic heterocycles. The van der Waals surface area contributed by atoms with Gasteiger partial charge in [-0.1, -0.05) is 11.6 Å². The molecule has 110 valence electrons. The van der Waals surface area contributed by atoms with Gasteiger partial charge >= 0.3 is 5.97 Å². The van der Waals surface area contributed by atoms with E-state index in [9.17, 15) is 4.79 Å². The number of aromatic nitrogens is 2. The highest BCUT2D eigenvalue weighted by Crippen LogP contribution is 2.24. The summed E-state index contributed by atoms with van der Waals surface area (Å²) in [4.78, 5) is 14.7. The topological polar surface area (TPSA) is 64.4 Å². The third kappa shape index (κ3) is 4.36. The lowest BCUT2D eigenvalue weighted by molar-refractivity contribution is -0.131. The fourth-order valence-electron chi connectivity index (χ4n) is 1.84. The predicted octanol–water partition coefficient (Wildman–Crippen LogP) is 3.02. The summed E-state index contributed by atoms with van der Waals surface area (Å²) in [5.74, 6) is 0.491. The number of hydrogen-bond donors (Lipinski definition) is 1. The molecular formula is C15H15ClN2O3. The number of rotatable bonds is 6. The van der Waals surface area contributed by atoms with Gasteiger partial charge in [0, 0.05) is 29.1 Å². The van der Waals surface area contributed by atoms with Gasteiger partial charge in [-0.25, -0.2) is 9.78 Å². The van der Waals surface area contributed by atoms with Crippen LogP contribution in [-0.2, 0) is 11.3 Å². The lowest BCUT2D eigenvalue weighted by Gasteiger charge is -2.11. The number of hydrogen-bond acceptors (Lipinski definition) is 3. The van der Waals surface area contributed by atoms with Crippen molar-refractivity contribution in [3.05, 3.63) is 53.1 Å². The summed E-state index contributed by atoms with van der Waals surface area (Å²) >= 11 is 5.92. The molecule has 0 unspecified atom stereocenters. The van der Waals surface area contributed by atoms with E-state index >= 15 is 0 Å². The molecule has 0 aliphatic carbocycles. The van der Waals surface area contributed by atoms with Crippen molar-refractivity contribution in [3.63, 3.8) is 0 Å². The Morgan fingerprint density at radius 1 is 1.52 bits per heavy atom. The minimum atomic E-state index is -1.02. The Balaban J connectivity index is 2.05. The second-order valence-corrected chi connectivity index (χ2v) is 4.81. The van der Waals surface area contributed by atoms with Crippen LogP contribution in [0.5, 0.6) is 5.75 Å². The van der Waals surface area contributed by atoms with Crippen molar-refractivity contribution in [1.82, 2.24) is 9.55 Å². The van der Waals surface area contributed by atoms with Gasteiger partial charge in [0.2, 0.25) is 0 Å². The van der Waals surface area contributed by atoms with E-state index in [1.54, 1.807) is 24.4 Å². The second-order valence-electron chi connectivity index (χ2n) is 4.37. The van der Waals surface area contributed by atoms with Crippen LogP contribution in [0.1, 0.15) is 11.4 Å². The lowest BCUT2D eigenvalue weighted by Crippen LogP contribution is -2.09. The minimum Gasteiger partial charge on any atom is -0.491 e. The van der Waals surface area contributed by atoms with Gasteiger partial charge < -0.3 is 14.4 Å². The maximum absolute atomic E-state index is 10.6. The first-order valence-electron chi connectivity index (χ1n) is 6.37. The van der Waals surface area contributed by atoms with Crippen molar-refractivity contribution in [3.8, 4) is 5.75 Å². The Kier molecular flexibility index (Phi) is 5.00. The highest BCUT2D eigenvalue weighted by Gasteiger charge is 2.04. The molecule has 1 N–H and O–H groups in total. The maximum Gasteiger partial charge on any atom is 0.328 e.